The number of nitrogens with two attached hydrogens (primary N) is 1. The molecule has 4 rings (SSSR count). The van der Waals surface area contributed by atoms with Crippen LogP contribution < -0.4 is 20.9 Å². The Hall–Kier alpha value is -2.36. The number of aldehydes is 1. The van der Waals surface area contributed by atoms with Gasteiger partial charge in [0.1, 0.15) is 18.6 Å². The van der Waals surface area contributed by atoms with E-state index in [-0.39, 0.29) is 18.7 Å². The Morgan fingerprint density at radius 1 is 1.62 bits per heavy atom. The summed E-state index contributed by atoms with van der Waals surface area (Å²) in [5.41, 5.74) is 6.71. The van der Waals surface area contributed by atoms with Crippen LogP contribution in [0.1, 0.15) is 21.8 Å². The van der Waals surface area contributed by atoms with Gasteiger partial charge in [0.2, 0.25) is 5.79 Å². The molecule has 3 aliphatic heterocycles. The van der Waals surface area contributed by atoms with Gasteiger partial charge in [-0.25, -0.2) is 14.7 Å². The van der Waals surface area contributed by atoms with Crippen molar-refractivity contribution < 1.29 is 29.0 Å². The van der Waals surface area contributed by atoms with E-state index in [0.717, 1.165) is 0 Å². The molecule has 128 valence electrons. The number of aliphatic hydroxyl groups is 1. The Morgan fingerprint density at radius 3 is 3.08 bits per heavy atom. The molecule has 0 aromatic heterocycles. The van der Waals surface area contributed by atoms with Gasteiger partial charge in [-0.1, -0.05) is 0 Å². The third-order valence-corrected chi connectivity index (χ3v) is 4.76. The number of fused-ring (bicyclic) bond motifs is 6. The minimum absolute atomic E-state index is 0.0545. The Bertz CT molecular complexity index is 725. The number of rotatable bonds is 4. The highest BCUT2D eigenvalue weighted by atomic mass is 16.8. The topological polar surface area (TPSA) is 133 Å². The summed E-state index contributed by atoms with van der Waals surface area (Å²) in [5.74, 6) is -1.89. The zero-order valence-electron chi connectivity index (χ0n) is 12.9. The first kappa shape index (κ1) is 15.2. The third kappa shape index (κ3) is 2.05. The average Bonchev–Trinajstić information content (AvgIpc) is 3.34. The van der Waals surface area contributed by atoms with Gasteiger partial charge in [0.15, 0.2) is 0 Å². The van der Waals surface area contributed by atoms with Crippen LogP contribution in [0.4, 0.5) is 10.5 Å². The van der Waals surface area contributed by atoms with E-state index < -0.39 is 17.8 Å². The summed E-state index contributed by atoms with van der Waals surface area (Å²) in [6.07, 6.45) is -0.233. The Kier molecular flexibility index (Phi) is 3.21. The average molecular weight is 335 g/mol. The lowest BCUT2D eigenvalue weighted by Gasteiger charge is -2.48. The maximum absolute atomic E-state index is 11.2. The summed E-state index contributed by atoms with van der Waals surface area (Å²) in [6, 6.07) is 3.01. The first-order chi connectivity index (χ1) is 11.5. The van der Waals surface area contributed by atoms with Gasteiger partial charge >= 0.3 is 6.09 Å². The van der Waals surface area contributed by atoms with Crippen molar-refractivity contribution in [3.8, 4) is 5.75 Å². The monoisotopic (exact) mass is 335 g/mol. The first-order valence-corrected chi connectivity index (χ1v) is 7.52. The maximum Gasteiger partial charge on any atom is 0.404 e. The number of carbonyl (C=O) groups excluding carboxylic acids is 2. The normalized spacial score (nSPS) is 32.4. The third-order valence-electron chi connectivity index (χ3n) is 4.76. The molecule has 0 radical (unpaired) electrons. The second kappa shape index (κ2) is 5.07. The molecule has 9 heteroatoms. The molecule has 4 unspecified atom stereocenters. The van der Waals surface area contributed by atoms with Crippen LogP contribution in [0.15, 0.2) is 12.1 Å². The standard InChI is InChI=1S/C15H17N3O6/c1-22-11-3-7(5-19)2-10-12(11)8(6-23-14(16)20)15(21)13-9(17-13)4-18(10)24-15/h2-3,5,8-9,13,17,21H,4,6H2,1H3,(H2,16,20). The van der Waals surface area contributed by atoms with E-state index in [4.69, 9.17) is 20.0 Å². The number of ether oxygens (including phenoxy) is 2. The number of hydrogen-bond acceptors (Lipinski definition) is 8. The Morgan fingerprint density at radius 2 is 2.42 bits per heavy atom. The SMILES string of the molecule is COc1cc(C=O)cc2c1C(COC(N)=O)C1(O)ON2CC2NC21. The van der Waals surface area contributed by atoms with Crippen LogP contribution in [0.25, 0.3) is 0 Å². The van der Waals surface area contributed by atoms with Gasteiger partial charge < -0.3 is 25.6 Å². The largest absolute Gasteiger partial charge is 0.496 e. The molecule has 2 saturated heterocycles. The molecular weight excluding hydrogens is 318 g/mol. The summed E-state index contributed by atoms with van der Waals surface area (Å²) in [5, 5.41) is 15.8. The molecule has 1 amide bonds. The molecule has 1 aromatic carbocycles. The molecule has 0 spiro atoms. The van der Waals surface area contributed by atoms with Crippen molar-refractivity contribution in [3.63, 3.8) is 0 Å². The molecule has 4 atom stereocenters. The van der Waals surface area contributed by atoms with Crippen molar-refractivity contribution in [2.24, 2.45) is 5.73 Å². The highest BCUT2D eigenvalue weighted by molar-refractivity contribution is 5.81. The van der Waals surface area contributed by atoms with Gasteiger partial charge in [0.05, 0.1) is 31.3 Å². The minimum atomic E-state index is -1.60. The molecule has 3 heterocycles. The summed E-state index contributed by atoms with van der Waals surface area (Å²) in [7, 11) is 1.47. The number of anilines is 1. The highest BCUT2D eigenvalue weighted by Crippen LogP contribution is 2.53. The van der Waals surface area contributed by atoms with E-state index in [9.17, 15) is 14.7 Å². The number of primary amides is 1. The first-order valence-electron chi connectivity index (χ1n) is 7.52. The van der Waals surface area contributed by atoms with Crippen molar-refractivity contribution in [2.45, 2.75) is 23.8 Å². The molecular formula is C15H17N3O6. The number of methoxy groups -OCH3 is 1. The van der Waals surface area contributed by atoms with Crippen molar-refractivity contribution in [2.75, 3.05) is 25.3 Å². The predicted molar refractivity (Wildman–Crippen MR) is 80.8 cm³/mol. The zero-order chi connectivity index (χ0) is 17.1. The van der Waals surface area contributed by atoms with Crippen LogP contribution in [0, 0.1) is 0 Å². The van der Waals surface area contributed by atoms with Crippen molar-refractivity contribution in [1.29, 1.82) is 0 Å². The molecule has 2 bridgehead atoms. The highest BCUT2D eigenvalue weighted by Gasteiger charge is 2.65. The molecule has 24 heavy (non-hydrogen) atoms. The van der Waals surface area contributed by atoms with Gasteiger partial charge in [-0.15, -0.1) is 0 Å². The predicted octanol–water partition coefficient (Wildman–Crippen LogP) is -0.519. The number of nitrogens with one attached hydrogen (secondary N) is 1. The summed E-state index contributed by atoms with van der Waals surface area (Å²) >= 11 is 0. The van der Waals surface area contributed by atoms with Crippen LogP contribution in [0.3, 0.4) is 0 Å². The second-order valence-electron chi connectivity index (χ2n) is 6.11. The number of hydrogen-bond donors (Lipinski definition) is 3. The van der Waals surface area contributed by atoms with Gasteiger partial charge in [0, 0.05) is 17.2 Å². The van der Waals surface area contributed by atoms with Crippen LogP contribution in [-0.4, -0.2) is 55.6 Å². The fourth-order valence-corrected chi connectivity index (χ4v) is 3.62. The molecule has 2 fully saturated rings. The van der Waals surface area contributed by atoms with E-state index in [1.807, 2.05) is 0 Å². The van der Waals surface area contributed by atoms with E-state index in [1.54, 1.807) is 17.2 Å². The van der Waals surface area contributed by atoms with Crippen molar-refractivity contribution in [3.05, 3.63) is 23.3 Å². The van der Waals surface area contributed by atoms with Gasteiger partial charge in [-0.3, -0.25) is 4.79 Å². The van der Waals surface area contributed by atoms with Crippen LogP contribution in [-0.2, 0) is 9.57 Å². The Labute approximate surface area is 137 Å². The lowest BCUT2D eigenvalue weighted by Crippen LogP contribution is -2.59. The van der Waals surface area contributed by atoms with Gasteiger partial charge in [-0.05, 0) is 12.1 Å². The van der Waals surface area contributed by atoms with Crippen LogP contribution in [0.5, 0.6) is 5.75 Å². The summed E-state index contributed by atoms with van der Waals surface area (Å²) < 4.78 is 10.4. The van der Waals surface area contributed by atoms with Crippen LogP contribution in [0.2, 0.25) is 0 Å². The minimum Gasteiger partial charge on any atom is -0.496 e. The zero-order valence-corrected chi connectivity index (χ0v) is 12.9. The van der Waals surface area contributed by atoms with Crippen LogP contribution >= 0.6 is 0 Å². The number of hydroxylamine groups is 1. The second-order valence-corrected chi connectivity index (χ2v) is 6.11. The quantitative estimate of drug-likeness (QED) is 0.494. The molecule has 3 aliphatic rings. The van der Waals surface area contributed by atoms with E-state index >= 15 is 0 Å². The molecule has 0 saturated carbocycles. The fourth-order valence-electron chi connectivity index (χ4n) is 3.62. The lowest BCUT2D eigenvalue weighted by atomic mass is 9.82. The number of benzene rings is 1. The van der Waals surface area contributed by atoms with E-state index in [1.165, 1.54) is 7.11 Å². The summed E-state index contributed by atoms with van der Waals surface area (Å²) in [6.45, 7) is 0.350. The number of carbonyl (C=O) groups is 2. The van der Waals surface area contributed by atoms with Gasteiger partial charge in [0.25, 0.3) is 0 Å². The lowest BCUT2D eigenvalue weighted by molar-refractivity contribution is -0.247. The molecule has 4 N–H and O–H groups in total. The maximum atomic E-state index is 11.2. The van der Waals surface area contributed by atoms with Gasteiger partial charge in [-0.2, -0.15) is 0 Å². The number of amides is 1. The molecule has 1 aromatic rings. The molecule has 0 aliphatic carbocycles. The fraction of sp³-hybridized carbons (Fsp3) is 0.467. The van der Waals surface area contributed by atoms with E-state index in [2.05, 4.69) is 5.32 Å². The van der Waals surface area contributed by atoms with Crippen molar-refractivity contribution in [1.82, 2.24) is 5.32 Å². The smallest absolute Gasteiger partial charge is 0.404 e. The Balaban J connectivity index is 1.86. The van der Waals surface area contributed by atoms with Crippen molar-refractivity contribution >= 4 is 18.1 Å². The number of nitrogens with zero attached hydrogens (tertiary/aromatic N) is 1. The summed E-state index contributed by atoms with van der Waals surface area (Å²) in [4.78, 5) is 28.0. The van der Waals surface area contributed by atoms with E-state index in [0.29, 0.717) is 35.4 Å². The molecule has 9 nitrogen and oxygen atoms in total.